The van der Waals surface area contributed by atoms with Crippen LogP contribution in [0.2, 0.25) is 0 Å². The van der Waals surface area contributed by atoms with Crippen LogP contribution in [0.15, 0.2) is 29.6 Å². The van der Waals surface area contributed by atoms with E-state index in [9.17, 15) is 4.79 Å². The summed E-state index contributed by atoms with van der Waals surface area (Å²) in [7, 11) is 0. The van der Waals surface area contributed by atoms with E-state index in [2.05, 4.69) is 0 Å². The molecule has 0 aliphatic rings. The van der Waals surface area contributed by atoms with Crippen molar-refractivity contribution in [3.63, 3.8) is 0 Å². The molecule has 0 saturated heterocycles. The second kappa shape index (κ2) is 6.45. The number of hydrogen-bond acceptors (Lipinski definition) is 7. The van der Waals surface area contributed by atoms with Gasteiger partial charge in [-0.3, -0.25) is 5.01 Å². The third-order valence-corrected chi connectivity index (χ3v) is 2.55. The smallest absolute Gasteiger partial charge is 0.358 e. The van der Waals surface area contributed by atoms with Gasteiger partial charge in [0.15, 0.2) is 5.70 Å². The van der Waals surface area contributed by atoms with E-state index in [1.165, 1.54) is 6.92 Å². The molecule has 0 atom stereocenters. The number of anilines is 2. The Morgan fingerprint density at radius 1 is 1.50 bits per heavy atom. The van der Waals surface area contributed by atoms with E-state index in [4.69, 9.17) is 27.3 Å². The quantitative estimate of drug-likeness (QED) is 0.241. The van der Waals surface area contributed by atoms with Gasteiger partial charge < -0.3 is 16.2 Å². The first-order valence-corrected chi connectivity index (χ1v) is 5.90. The molecule has 7 nitrogen and oxygen atoms in total. The number of carbonyl (C=O) groups is 1. The second-order valence-corrected chi connectivity index (χ2v) is 3.97. The Kier molecular flexibility index (Phi) is 4.94. The fourth-order valence-corrected chi connectivity index (χ4v) is 1.63. The fraction of sp³-hybridized carbons (Fsp3) is 0.231. The number of nitrogens with zero attached hydrogens (tertiary/aromatic N) is 2. The average molecular weight is 275 g/mol. The zero-order valence-corrected chi connectivity index (χ0v) is 11.4. The van der Waals surface area contributed by atoms with Crippen molar-refractivity contribution >= 4 is 17.3 Å². The summed E-state index contributed by atoms with van der Waals surface area (Å²) in [5.41, 5.74) is 12.4. The van der Waals surface area contributed by atoms with E-state index in [0.29, 0.717) is 5.69 Å². The van der Waals surface area contributed by atoms with E-state index in [-0.39, 0.29) is 29.3 Å². The van der Waals surface area contributed by atoms with Crippen LogP contribution in [0.4, 0.5) is 11.4 Å². The van der Waals surface area contributed by atoms with Gasteiger partial charge >= 0.3 is 5.97 Å². The monoisotopic (exact) mass is 275 g/mol. The number of nitrogen functional groups attached to an aromatic ring is 1. The van der Waals surface area contributed by atoms with E-state index in [0.717, 1.165) is 5.01 Å². The largest absolute Gasteiger partial charge is 0.461 e. The van der Waals surface area contributed by atoms with E-state index >= 15 is 0 Å². The van der Waals surface area contributed by atoms with Crippen LogP contribution in [0.25, 0.3) is 0 Å². The Labute approximate surface area is 117 Å². The minimum absolute atomic E-state index is 0.0198. The molecule has 0 amide bonds. The number of nitriles is 1. The Bertz CT molecular complexity index is 585. The van der Waals surface area contributed by atoms with E-state index in [1.54, 1.807) is 25.1 Å². The SMILES string of the molecule is CCOC(=O)/C(=C(/C)N)N(N)c1cccc(C#N)c1N. The Balaban J connectivity index is 3.29. The predicted octanol–water partition coefficient (Wildman–Crippen LogP) is 0.574. The molecule has 0 bridgehead atoms. The van der Waals surface area contributed by atoms with Crippen molar-refractivity contribution in [2.45, 2.75) is 13.8 Å². The number of benzene rings is 1. The van der Waals surface area contributed by atoms with E-state index in [1.807, 2.05) is 6.07 Å². The van der Waals surface area contributed by atoms with Crippen molar-refractivity contribution in [1.29, 1.82) is 5.26 Å². The molecular formula is C13H17N5O2. The van der Waals surface area contributed by atoms with Gasteiger partial charge in [-0.25, -0.2) is 10.6 Å². The van der Waals surface area contributed by atoms with Crippen LogP contribution in [-0.4, -0.2) is 12.6 Å². The molecular weight excluding hydrogens is 258 g/mol. The summed E-state index contributed by atoms with van der Waals surface area (Å²) in [5.74, 6) is 5.25. The number of rotatable bonds is 4. The van der Waals surface area contributed by atoms with Crippen molar-refractivity contribution in [2.75, 3.05) is 17.3 Å². The van der Waals surface area contributed by atoms with Crippen molar-refractivity contribution in [3.8, 4) is 6.07 Å². The molecule has 7 heteroatoms. The molecule has 0 fully saturated rings. The topological polar surface area (TPSA) is 131 Å². The number of esters is 1. The minimum atomic E-state index is -0.656. The first kappa shape index (κ1) is 15.3. The van der Waals surface area contributed by atoms with Crippen LogP contribution in [-0.2, 0) is 9.53 Å². The van der Waals surface area contributed by atoms with Gasteiger partial charge in [0.2, 0.25) is 0 Å². The first-order valence-electron chi connectivity index (χ1n) is 5.90. The first-order chi connectivity index (χ1) is 9.43. The number of nitrogens with two attached hydrogens (primary N) is 3. The van der Waals surface area contributed by atoms with Gasteiger partial charge in [-0.2, -0.15) is 5.26 Å². The summed E-state index contributed by atoms with van der Waals surface area (Å²) in [6, 6.07) is 6.69. The summed E-state index contributed by atoms with van der Waals surface area (Å²) < 4.78 is 4.90. The summed E-state index contributed by atoms with van der Waals surface area (Å²) >= 11 is 0. The van der Waals surface area contributed by atoms with E-state index < -0.39 is 5.97 Å². The lowest BCUT2D eigenvalue weighted by Gasteiger charge is -2.23. The molecule has 0 saturated carbocycles. The molecule has 1 rings (SSSR count). The molecule has 0 radical (unpaired) electrons. The molecule has 1 aromatic carbocycles. The highest BCUT2D eigenvalue weighted by Gasteiger charge is 2.22. The average Bonchev–Trinajstić information content (AvgIpc) is 2.38. The standard InChI is InChI=1S/C13H17N5O2/c1-3-20-13(19)12(8(2)15)18(17)10-6-4-5-9(7-14)11(10)16/h4-6H,3,15-17H2,1-2H3/b12-8+. The molecule has 1 aromatic rings. The number of allylic oxidation sites excluding steroid dienone is 1. The van der Waals surface area contributed by atoms with Crippen LogP contribution in [0.1, 0.15) is 19.4 Å². The van der Waals surface area contributed by atoms with Crippen LogP contribution in [0, 0.1) is 11.3 Å². The Hall–Kier alpha value is -2.72. The fourth-order valence-electron chi connectivity index (χ4n) is 1.63. The van der Waals surface area contributed by atoms with Crippen LogP contribution < -0.4 is 22.3 Å². The highest BCUT2D eigenvalue weighted by atomic mass is 16.5. The Morgan fingerprint density at radius 2 is 2.15 bits per heavy atom. The lowest BCUT2D eigenvalue weighted by molar-refractivity contribution is -0.138. The summed E-state index contributed by atoms with van der Waals surface area (Å²) in [6.07, 6.45) is 0. The van der Waals surface area contributed by atoms with Gasteiger partial charge in [0.25, 0.3) is 0 Å². The number of ether oxygens (including phenoxy) is 1. The molecule has 6 N–H and O–H groups in total. The molecule has 0 aromatic heterocycles. The van der Waals surface area contributed by atoms with Crippen molar-refractivity contribution in [2.24, 2.45) is 11.6 Å². The van der Waals surface area contributed by atoms with Crippen LogP contribution in [0.3, 0.4) is 0 Å². The molecule has 0 aliphatic carbocycles. The Morgan fingerprint density at radius 3 is 2.65 bits per heavy atom. The van der Waals surface area contributed by atoms with Crippen molar-refractivity contribution in [3.05, 3.63) is 35.2 Å². The highest BCUT2D eigenvalue weighted by Crippen LogP contribution is 2.27. The zero-order chi connectivity index (χ0) is 15.3. The summed E-state index contributed by atoms with van der Waals surface area (Å²) in [6.45, 7) is 3.39. The van der Waals surface area contributed by atoms with Gasteiger partial charge in [-0.05, 0) is 26.0 Å². The molecule has 20 heavy (non-hydrogen) atoms. The molecule has 0 unspecified atom stereocenters. The predicted molar refractivity (Wildman–Crippen MR) is 75.8 cm³/mol. The summed E-state index contributed by atoms with van der Waals surface area (Å²) in [4.78, 5) is 11.9. The van der Waals surface area contributed by atoms with Crippen LogP contribution in [0.5, 0.6) is 0 Å². The molecule has 106 valence electrons. The van der Waals surface area contributed by atoms with Crippen molar-refractivity contribution in [1.82, 2.24) is 0 Å². The maximum atomic E-state index is 11.9. The molecule has 0 aliphatic heterocycles. The third-order valence-electron chi connectivity index (χ3n) is 2.55. The van der Waals surface area contributed by atoms with Crippen molar-refractivity contribution < 1.29 is 9.53 Å². The number of para-hydroxylation sites is 1. The number of hydrogen-bond donors (Lipinski definition) is 3. The van der Waals surface area contributed by atoms with Gasteiger partial charge in [0.05, 0.1) is 23.5 Å². The maximum Gasteiger partial charge on any atom is 0.358 e. The number of hydrazine groups is 1. The van der Waals surface area contributed by atoms with Gasteiger partial charge in [0.1, 0.15) is 6.07 Å². The lowest BCUT2D eigenvalue weighted by Crippen LogP contribution is -2.37. The van der Waals surface area contributed by atoms with Gasteiger partial charge in [-0.1, -0.05) is 6.07 Å². The zero-order valence-electron chi connectivity index (χ0n) is 11.4. The number of carbonyl (C=O) groups excluding carboxylic acids is 1. The normalized spacial score (nSPS) is 11.3. The van der Waals surface area contributed by atoms with Gasteiger partial charge in [0, 0.05) is 5.70 Å². The highest BCUT2D eigenvalue weighted by molar-refractivity contribution is 5.94. The van der Waals surface area contributed by atoms with Crippen LogP contribution >= 0.6 is 0 Å². The lowest BCUT2D eigenvalue weighted by atomic mass is 10.1. The maximum absolute atomic E-state index is 11.9. The molecule has 0 spiro atoms. The second-order valence-electron chi connectivity index (χ2n) is 3.97. The minimum Gasteiger partial charge on any atom is -0.461 e. The summed E-state index contributed by atoms with van der Waals surface area (Å²) in [5, 5.41) is 9.98. The molecule has 0 heterocycles. The van der Waals surface area contributed by atoms with Gasteiger partial charge in [-0.15, -0.1) is 0 Å². The third kappa shape index (κ3) is 2.99.